The van der Waals surface area contributed by atoms with E-state index in [1.54, 1.807) is 0 Å². The van der Waals surface area contributed by atoms with Gasteiger partial charge in [-0.3, -0.25) is 9.59 Å². The maximum Gasteiger partial charge on any atom is 0.425 e. The standard InChI is InChI=1S/C9H10Cl3F3O4/c1-5(9(13,14)15)19-7(17)3-2-6(16)18-4-8(10,11)12/h5H,2-4H2,1H3. The van der Waals surface area contributed by atoms with Crippen molar-refractivity contribution in [3.63, 3.8) is 0 Å². The van der Waals surface area contributed by atoms with Crippen LogP contribution in [-0.2, 0) is 19.1 Å². The Bertz CT molecular complexity index is 328. The summed E-state index contributed by atoms with van der Waals surface area (Å²) < 4.78 is 42.9. The lowest BCUT2D eigenvalue weighted by Crippen LogP contribution is -2.31. The van der Waals surface area contributed by atoms with Crippen LogP contribution in [0.4, 0.5) is 13.2 Å². The fourth-order valence-electron chi connectivity index (χ4n) is 0.762. The molecule has 0 rings (SSSR count). The van der Waals surface area contributed by atoms with Crippen LogP contribution in [0, 0.1) is 0 Å². The van der Waals surface area contributed by atoms with Crippen molar-refractivity contribution in [3.05, 3.63) is 0 Å². The van der Waals surface area contributed by atoms with Crippen molar-refractivity contribution >= 4 is 46.7 Å². The highest BCUT2D eigenvalue weighted by atomic mass is 35.6. The third-order valence-corrected chi connectivity index (χ3v) is 2.03. The Hall–Kier alpha value is -0.400. The van der Waals surface area contributed by atoms with E-state index in [2.05, 4.69) is 9.47 Å². The zero-order valence-corrected chi connectivity index (χ0v) is 11.9. The van der Waals surface area contributed by atoms with E-state index in [9.17, 15) is 22.8 Å². The molecule has 0 N–H and O–H groups in total. The van der Waals surface area contributed by atoms with E-state index in [0.717, 1.165) is 0 Å². The van der Waals surface area contributed by atoms with Gasteiger partial charge in [0.15, 0.2) is 6.10 Å². The molecule has 112 valence electrons. The topological polar surface area (TPSA) is 52.6 Å². The summed E-state index contributed by atoms with van der Waals surface area (Å²) in [4.78, 5) is 22.0. The fourth-order valence-corrected chi connectivity index (χ4v) is 0.925. The molecule has 10 heteroatoms. The van der Waals surface area contributed by atoms with Gasteiger partial charge in [0.05, 0.1) is 12.8 Å². The number of carbonyl (C=O) groups excluding carboxylic acids is 2. The Kier molecular flexibility index (Phi) is 7.24. The Morgan fingerprint density at radius 2 is 1.58 bits per heavy atom. The number of halogens is 6. The number of rotatable bonds is 5. The van der Waals surface area contributed by atoms with Crippen LogP contribution < -0.4 is 0 Å². The summed E-state index contributed by atoms with van der Waals surface area (Å²) in [5.41, 5.74) is 0. The molecule has 0 amide bonds. The van der Waals surface area contributed by atoms with E-state index in [0.29, 0.717) is 6.92 Å². The summed E-state index contributed by atoms with van der Waals surface area (Å²) >= 11 is 15.9. The van der Waals surface area contributed by atoms with Crippen molar-refractivity contribution in [2.45, 2.75) is 35.8 Å². The quantitative estimate of drug-likeness (QED) is 0.567. The van der Waals surface area contributed by atoms with Crippen LogP contribution in [0.15, 0.2) is 0 Å². The normalized spacial score (nSPS) is 13.8. The molecule has 0 heterocycles. The van der Waals surface area contributed by atoms with Gasteiger partial charge in [0, 0.05) is 0 Å². The van der Waals surface area contributed by atoms with Crippen LogP contribution >= 0.6 is 34.8 Å². The number of alkyl halides is 6. The molecule has 1 atom stereocenters. The second kappa shape index (κ2) is 7.40. The number of esters is 2. The third kappa shape index (κ3) is 10.1. The number of carbonyl (C=O) groups is 2. The molecule has 0 aromatic carbocycles. The Morgan fingerprint density at radius 3 is 2.00 bits per heavy atom. The molecule has 0 saturated carbocycles. The van der Waals surface area contributed by atoms with Crippen LogP contribution in [0.2, 0.25) is 0 Å². The maximum absolute atomic E-state index is 12.0. The van der Waals surface area contributed by atoms with Crippen LogP contribution in [0.5, 0.6) is 0 Å². The fraction of sp³-hybridized carbons (Fsp3) is 0.778. The van der Waals surface area contributed by atoms with Gasteiger partial charge >= 0.3 is 18.1 Å². The highest BCUT2D eigenvalue weighted by Crippen LogP contribution is 2.26. The number of ether oxygens (including phenoxy) is 2. The van der Waals surface area contributed by atoms with Crippen LogP contribution in [0.3, 0.4) is 0 Å². The number of hydrogen-bond donors (Lipinski definition) is 0. The second-order valence-corrected chi connectivity index (χ2v) is 5.97. The molecule has 0 fully saturated rings. The molecule has 19 heavy (non-hydrogen) atoms. The predicted molar refractivity (Wildman–Crippen MR) is 62.1 cm³/mol. The lowest BCUT2D eigenvalue weighted by atomic mass is 10.3. The minimum atomic E-state index is -4.65. The van der Waals surface area contributed by atoms with E-state index >= 15 is 0 Å². The molecule has 0 aliphatic heterocycles. The Balaban J connectivity index is 3.95. The van der Waals surface area contributed by atoms with E-state index in [4.69, 9.17) is 34.8 Å². The summed E-state index contributed by atoms with van der Waals surface area (Å²) in [6.07, 6.45) is -7.91. The molecule has 0 radical (unpaired) electrons. The molecular formula is C9H10Cl3F3O4. The van der Waals surface area contributed by atoms with Gasteiger partial charge in [0.2, 0.25) is 3.79 Å². The van der Waals surface area contributed by atoms with Gasteiger partial charge in [-0.1, -0.05) is 34.8 Å². The molecular weight excluding hydrogens is 335 g/mol. The zero-order valence-electron chi connectivity index (χ0n) is 9.60. The van der Waals surface area contributed by atoms with E-state index in [1.807, 2.05) is 0 Å². The zero-order chi connectivity index (χ0) is 15.3. The lowest BCUT2D eigenvalue weighted by Gasteiger charge is -2.16. The third-order valence-electron chi connectivity index (χ3n) is 1.70. The van der Waals surface area contributed by atoms with Crippen molar-refractivity contribution in [1.29, 1.82) is 0 Å². The first kappa shape index (κ1) is 18.6. The molecule has 0 saturated heterocycles. The van der Waals surface area contributed by atoms with E-state index in [1.165, 1.54) is 0 Å². The average Bonchev–Trinajstić information content (AvgIpc) is 2.21. The van der Waals surface area contributed by atoms with Gasteiger partial charge in [-0.2, -0.15) is 13.2 Å². The highest BCUT2D eigenvalue weighted by molar-refractivity contribution is 6.67. The minimum Gasteiger partial charge on any atom is -0.461 e. The first-order valence-corrected chi connectivity index (χ1v) is 6.04. The largest absolute Gasteiger partial charge is 0.461 e. The molecule has 0 aliphatic carbocycles. The first-order chi connectivity index (χ1) is 8.42. The molecule has 0 aromatic heterocycles. The van der Waals surface area contributed by atoms with Gasteiger partial charge in [0.25, 0.3) is 0 Å². The average molecular weight is 346 g/mol. The first-order valence-electron chi connectivity index (χ1n) is 4.90. The molecule has 4 nitrogen and oxygen atoms in total. The van der Waals surface area contributed by atoms with Crippen LogP contribution in [0.25, 0.3) is 0 Å². The summed E-state index contributed by atoms with van der Waals surface area (Å²) in [6, 6.07) is 0. The van der Waals surface area contributed by atoms with Crippen molar-refractivity contribution in [2.24, 2.45) is 0 Å². The smallest absolute Gasteiger partial charge is 0.425 e. The van der Waals surface area contributed by atoms with Crippen LogP contribution in [0.1, 0.15) is 19.8 Å². The predicted octanol–water partition coefficient (Wildman–Crippen LogP) is 3.17. The SMILES string of the molecule is CC(OC(=O)CCC(=O)OCC(Cl)(Cl)Cl)C(F)(F)F. The minimum absolute atomic E-state index is 0.468. The van der Waals surface area contributed by atoms with Crippen molar-refractivity contribution in [3.8, 4) is 0 Å². The Labute approximate surface area is 122 Å². The van der Waals surface area contributed by atoms with E-state index in [-0.39, 0.29) is 0 Å². The summed E-state index contributed by atoms with van der Waals surface area (Å²) in [5.74, 6) is -2.06. The van der Waals surface area contributed by atoms with Gasteiger partial charge in [-0.15, -0.1) is 0 Å². The summed E-state index contributed by atoms with van der Waals surface area (Å²) in [6.45, 7) is 0.156. The van der Waals surface area contributed by atoms with E-state index < -0.39 is 47.5 Å². The number of hydrogen-bond acceptors (Lipinski definition) is 4. The van der Waals surface area contributed by atoms with Crippen LogP contribution in [-0.4, -0.2) is 34.6 Å². The summed E-state index contributed by atoms with van der Waals surface area (Å²) in [5, 5.41) is 0. The molecule has 0 aromatic rings. The lowest BCUT2D eigenvalue weighted by molar-refractivity contribution is -0.216. The van der Waals surface area contributed by atoms with Crippen molar-refractivity contribution < 1.29 is 32.2 Å². The molecule has 1 unspecified atom stereocenters. The van der Waals surface area contributed by atoms with Crippen molar-refractivity contribution in [1.82, 2.24) is 0 Å². The van der Waals surface area contributed by atoms with Gasteiger partial charge in [-0.05, 0) is 6.92 Å². The second-order valence-electron chi connectivity index (χ2n) is 3.45. The maximum atomic E-state index is 12.0. The summed E-state index contributed by atoms with van der Waals surface area (Å²) in [7, 11) is 0. The van der Waals surface area contributed by atoms with Gasteiger partial charge < -0.3 is 9.47 Å². The molecule has 0 spiro atoms. The van der Waals surface area contributed by atoms with Gasteiger partial charge in [-0.25, -0.2) is 0 Å². The molecule has 0 aliphatic rings. The van der Waals surface area contributed by atoms with Gasteiger partial charge in [0.1, 0.15) is 6.61 Å². The highest BCUT2D eigenvalue weighted by Gasteiger charge is 2.39. The Morgan fingerprint density at radius 1 is 1.11 bits per heavy atom. The van der Waals surface area contributed by atoms with Crippen molar-refractivity contribution in [2.75, 3.05) is 6.61 Å². The monoisotopic (exact) mass is 344 g/mol. The molecule has 0 bridgehead atoms.